The van der Waals surface area contributed by atoms with E-state index in [4.69, 9.17) is 21.1 Å². The summed E-state index contributed by atoms with van der Waals surface area (Å²) in [7, 11) is 0. The molecule has 1 aromatic heterocycles. The zero-order valence-electron chi connectivity index (χ0n) is 26.2. The zero-order chi connectivity index (χ0) is 30.1. The highest BCUT2D eigenvalue weighted by Gasteiger charge is 2.54. The van der Waals surface area contributed by atoms with E-state index in [0.29, 0.717) is 31.2 Å². The minimum atomic E-state index is 0.130. The predicted molar refractivity (Wildman–Crippen MR) is 177 cm³/mol. The van der Waals surface area contributed by atoms with Crippen LogP contribution < -0.4 is 19.9 Å². The monoisotopic (exact) mass is 604 g/mol. The Morgan fingerprint density at radius 3 is 2.76 bits per heavy atom. The van der Waals surface area contributed by atoms with Gasteiger partial charge < -0.3 is 25.0 Å². The maximum Gasteiger partial charge on any atom is 0.318 e. The van der Waals surface area contributed by atoms with Crippen LogP contribution in [0.15, 0.2) is 30.3 Å². The summed E-state index contributed by atoms with van der Waals surface area (Å²) in [6, 6.07) is 11.9. The van der Waals surface area contributed by atoms with Gasteiger partial charge in [-0.15, -0.1) is 6.42 Å². The van der Waals surface area contributed by atoms with Gasteiger partial charge in [0.15, 0.2) is 0 Å². The number of ether oxygens (including phenoxy) is 1. The van der Waals surface area contributed by atoms with Crippen molar-refractivity contribution >= 4 is 22.3 Å². The van der Waals surface area contributed by atoms with Crippen LogP contribution in [0.2, 0.25) is 0 Å². The number of anilines is 2. The molecule has 2 N–H and O–H groups in total. The Kier molecular flexibility index (Phi) is 6.64. The van der Waals surface area contributed by atoms with Gasteiger partial charge in [-0.1, -0.05) is 30.9 Å². The number of nitrogens with one attached hydrogen (secondary N) is 1. The van der Waals surface area contributed by atoms with Crippen LogP contribution in [-0.4, -0.2) is 76.4 Å². The Morgan fingerprint density at radius 2 is 1.89 bits per heavy atom. The molecule has 45 heavy (non-hydrogen) atoms. The number of fused-ring (bicyclic) bond motifs is 7. The van der Waals surface area contributed by atoms with E-state index < -0.39 is 0 Å². The number of phenolic OH excluding ortho intramolecular Hbond substituents is 1. The Morgan fingerprint density at radius 1 is 1.02 bits per heavy atom. The first-order valence-corrected chi connectivity index (χ1v) is 17.3. The molecule has 0 radical (unpaired) electrons. The van der Waals surface area contributed by atoms with Crippen LogP contribution in [0.1, 0.15) is 74.6 Å². The first kappa shape index (κ1) is 27.7. The summed E-state index contributed by atoms with van der Waals surface area (Å²) in [6.45, 7) is 5.27. The van der Waals surface area contributed by atoms with E-state index >= 15 is 0 Å². The molecular formula is C37H44N6O2. The molecule has 3 aromatic rings. The fraction of sp³-hybridized carbons (Fsp3) is 0.568. The molecule has 2 bridgehead atoms. The summed E-state index contributed by atoms with van der Waals surface area (Å²) in [5.74, 6) is 5.01. The van der Waals surface area contributed by atoms with E-state index in [0.717, 1.165) is 71.5 Å². The van der Waals surface area contributed by atoms with E-state index in [-0.39, 0.29) is 11.3 Å². The average Bonchev–Trinajstić information content (AvgIpc) is 3.72. The number of aromatic nitrogens is 2. The summed E-state index contributed by atoms with van der Waals surface area (Å²) in [6.07, 6.45) is 18.4. The van der Waals surface area contributed by atoms with Crippen molar-refractivity contribution in [2.24, 2.45) is 5.92 Å². The minimum absolute atomic E-state index is 0.130. The summed E-state index contributed by atoms with van der Waals surface area (Å²) in [5.41, 5.74) is 4.21. The fourth-order valence-corrected chi connectivity index (χ4v) is 10.1. The molecule has 5 aliphatic heterocycles. The third-order valence-corrected chi connectivity index (χ3v) is 12.0. The quantitative estimate of drug-likeness (QED) is 0.395. The highest BCUT2D eigenvalue weighted by atomic mass is 16.5. The van der Waals surface area contributed by atoms with Gasteiger partial charge in [0, 0.05) is 66.0 Å². The summed E-state index contributed by atoms with van der Waals surface area (Å²) in [5, 5.41) is 16.4. The largest absolute Gasteiger partial charge is 0.508 e. The number of benzene rings is 2. The van der Waals surface area contributed by atoms with Gasteiger partial charge in [-0.05, 0) is 81.3 Å². The topological polar surface area (TPSA) is 77.0 Å². The molecular weight excluding hydrogens is 560 g/mol. The number of hydrogen-bond acceptors (Lipinski definition) is 8. The second kappa shape index (κ2) is 10.8. The predicted octanol–water partition coefficient (Wildman–Crippen LogP) is 5.00. The van der Waals surface area contributed by atoms with Gasteiger partial charge in [0.05, 0.1) is 17.8 Å². The summed E-state index contributed by atoms with van der Waals surface area (Å²) >= 11 is 0. The van der Waals surface area contributed by atoms with Gasteiger partial charge in [-0.2, -0.15) is 9.97 Å². The maximum atomic E-state index is 10.7. The van der Waals surface area contributed by atoms with Crippen molar-refractivity contribution < 1.29 is 9.84 Å². The Balaban J connectivity index is 1.07. The van der Waals surface area contributed by atoms with Crippen LogP contribution in [0.25, 0.3) is 10.8 Å². The molecule has 4 saturated heterocycles. The van der Waals surface area contributed by atoms with E-state index in [1.54, 1.807) is 6.07 Å². The normalized spacial score (nSPS) is 30.6. The molecule has 9 rings (SSSR count). The third-order valence-electron chi connectivity index (χ3n) is 12.0. The lowest BCUT2D eigenvalue weighted by Gasteiger charge is -2.38. The molecule has 5 fully saturated rings. The van der Waals surface area contributed by atoms with Crippen LogP contribution >= 0.6 is 0 Å². The number of aromatic hydroxyl groups is 1. The summed E-state index contributed by atoms with van der Waals surface area (Å²) < 4.78 is 6.74. The summed E-state index contributed by atoms with van der Waals surface area (Å²) in [4.78, 5) is 18.0. The number of nitrogens with zero attached hydrogens (tertiary/aromatic N) is 5. The van der Waals surface area contributed by atoms with E-state index in [2.05, 4.69) is 25.9 Å². The van der Waals surface area contributed by atoms with Crippen LogP contribution in [0.4, 0.5) is 11.5 Å². The van der Waals surface area contributed by atoms with Crippen molar-refractivity contribution in [1.82, 2.24) is 20.2 Å². The molecule has 6 aliphatic rings. The van der Waals surface area contributed by atoms with Crippen molar-refractivity contribution in [2.75, 3.05) is 42.6 Å². The molecule has 6 heterocycles. The van der Waals surface area contributed by atoms with Crippen LogP contribution in [-0.2, 0) is 13.0 Å². The first-order chi connectivity index (χ1) is 22.1. The van der Waals surface area contributed by atoms with Crippen LogP contribution in [0.5, 0.6) is 11.8 Å². The van der Waals surface area contributed by atoms with Crippen molar-refractivity contribution in [3.63, 3.8) is 0 Å². The number of phenols is 1. The van der Waals surface area contributed by atoms with Gasteiger partial charge >= 0.3 is 6.01 Å². The molecule has 2 aromatic carbocycles. The molecule has 234 valence electrons. The molecule has 0 spiro atoms. The van der Waals surface area contributed by atoms with E-state index in [1.165, 1.54) is 69.9 Å². The number of hydrogen-bond donors (Lipinski definition) is 2. The van der Waals surface area contributed by atoms with Crippen molar-refractivity contribution in [3.8, 4) is 24.1 Å². The van der Waals surface area contributed by atoms with Crippen molar-refractivity contribution in [2.45, 2.75) is 94.4 Å². The lowest BCUT2D eigenvalue weighted by molar-refractivity contribution is 0.0774. The van der Waals surface area contributed by atoms with Gasteiger partial charge in [0.25, 0.3) is 0 Å². The molecule has 1 saturated carbocycles. The Labute approximate surface area is 266 Å². The smallest absolute Gasteiger partial charge is 0.318 e. The average molecular weight is 605 g/mol. The molecule has 0 amide bonds. The highest BCUT2D eigenvalue weighted by Crippen LogP contribution is 2.50. The van der Waals surface area contributed by atoms with Crippen molar-refractivity contribution in [3.05, 3.63) is 47.2 Å². The molecule has 1 aliphatic carbocycles. The molecule has 5 atom stereocenters. The standard InChI is InChI=1S/C37H44N6O2/c1-2-24-8-5-9-25-17-29(44)18-33(34(24)25)41-16-13-30-31(22-41)39-36(40-35(30)42-20-27-11-12-28(21-42)38-27)45-23-37-14-6-15-43(37)32-10-4-3-7-26(32)19-37/h1,5,8-9,17-18,26-28,32,38,44H,3-4,6-7,10-16,19-23H2. The van der Waals surface area contributed by atoms with Crippen LogP contribution in [0.3, 0.4) is 0 Å². The van der Waals surface area contributed by atoms with E-state index in [9.17, 15) is 5.11 Å². The number of terminal acetylenes is 1. The molecule has 5 unspecified atom stereocenters. The fourth-order valence-electron chi connectivity index (χ4n) is 10.1. The molecule has 8 heteroatoms. The lowest BCUT2D eigenvalue weighted by atomic mass is 9.82. The second-order valence-electron chi connectivity index (χ2n) is 14.6. The lowest BCUT2D eigenvalue weighted by Crippen LogP contribution is -2.52. The van der Waals surface area contributed by atoms with Gasteiger partial charge in [-0.25, -0.2) is 0 Å². The maximum absolute atomic E-state index is 10.7. The highest BCUT2D eigenvalue weighted by molar-refractivity contribution is 6.00. The number of piperazine rings is 1. The van der Waals surface area contributed by atoms with Crippen molar-refractivity contribution in [1.29, 1.82) is 0 Å². The van der Waals surface area contributed by atoms with Gasteiger partial charge in [0.1, 0.15) is 18.2 Å². The first-order valence-electron chi connectivity index (χ1n) is 17.3. The molecule has 8 nitrogen and oxygen atoms in total. The zero-order valence-corrected chi connectivity index (χ0v) is 26.2. The van der Waals surface area contributed by atoms with Gasteiger partial charge in [-0.3, -0.25) is 4.90 Å². The Bertz CT molecular complexity index is 1670. The SMILES string of the molecule is C#Cc1cccc2cc(O)cc(N3CCc4c(nc(OCC56CCCN5C5CCCCC5C6)nc4N4CC5CCC(C4)N5)C3)c12. The Hall–Kier alpha value is -3.54. The van der Waals surface area contributed by atoms with Crippen LogP contribution in [0, 0.1) is 18.3 Å². The van der Waals surface area contributed by atoms with E-state index in [1.807, 2.05) is 24.3 Å². The van der Waals surface area contributed by atoms with Gasteiger partial charge in [0.2, 0.25) is 0 Å². The minimum Gasteiger partial charge on any atom is -0.508 e. The number of rotatable bonds is 5. The third kappa shape index (κ3) is 4.65. The second-order valence-corrected chi connectivity index (χ2v) is 14.6.